The van der Waals surface area contributed by atoms with E-state index in [0.29, 0.717) is 17.4 Å². The topological polar surface area (TPSA) is 90.9 Å². The van der Waals surface area contributed by atoms with Crippen LogP contribution in [0.15, 0.2) is 6.20 Å². The Morgan fingerprint density at radius 1 is 1.32 bits per heavy atom. The van der Waals surface area contributed by atoms with Crippen LogP contribution in [-0.2, 0) is 0 Å². The van der Waals surface area contributed by atoms with Crippen molar-refractivity contribution >= 4 is 11.8 Å². The molecule has 0 spiro atoms. The first-order valence-electron chi connectivity index (χ1n) is 8.27. The number of nitrogens with zero attached hydrogens (tertiary/aromatic N) is 4. The van der Waals surface area contributed by atoms with Gasteiger partial charge in [0.15, 0.2) is 0 Å². The smallest absolute Gasteiger partial charge is 0.224 e. The van der Waals surface area contributed by atoms with Gasteiger partial charge in [0.2, 0.25) is 5.95 Å². The molecule has 0 radical (unpaired) electrons. The van der Waals surface area contributed by atoms with Gasteiger partial charge in [0.1, 0.15) is 17.5 Å². The van der Waals surface area contributed by atoms with Gasteiger partial charge in [-0.2, -0.15) is 10.2 Å². The maximum atomic E-state index is 8.83. The zero-order valence-electron chi connectivity index (χ0n) is 13.0. The molecule has 1 atom stereocenters. The molecule has 2 heterocycles. The summed E-state index contributed by atoms with van der Waals surface area (Å²) in [5.74, 6) is 1.41. The molecule has 0 aromatic carbocycles. The molecule has 1 aromatic rings. The lowest BCUT2D eigenvalue weighted by molar-refractivity contribution is 0.186. The molecule has 2 fully saturated rings. The van der Waals surface area contributed by atoms with Crippen LogP contribution in [0.1, 0.15) is 44.1 Å². The van der Waals surface area contributed by atoms with Crippen molar-refractivity contribution in [3.8, 4) is 6.07 Å². The van der Waals surface area contributed by atoms with E-state index >= 15 is 0 Å². The minimum absolute atomic E-state index is 0.246. The molecule has 6 heteroatoms. The van der Waals surface area contributed by atoms with Crippen molar-refractivity contribution in [2.75, 3.05) is 30.7 Å². The molecule has 0 amide bonds. The number of nitrogens with two attached hydrogens (primary N) is 1. The summed E-state index contributed by atoms with van der Waals surface area (Å²) in [7, 11) is 0. The Morgan fingerprint density at radius 3 is 2.86 bits per heavy atom. The zero-order chi connectivity index (χ0) is 15.4. The third-order valence-electron chi connectivity index (χ3n) is 4.90. The van der Waals surface area contributed by atoms with Crippen molar-refractivity contribution < 1.29 is 0 Å². The minimum atomic E-state index is 0.246. The molecule has 1 saturated carbocycles. The molecule has 6 nitrogen and oxygen atoms in total. The number of rotatable bonds is 4. The normalized spacial score (nSPS) is 23.3. The summed E-state index contributed by atoms with van der Waals surface area (Å²) in [6.07, 6.45) is 9.64. The van der Waals surface area contributed by atoms with Gasteiger partial charge in [0, 0.05) is 19.1 Å². The van der Waals surface area contributed by atoms with E-state index in [2.05, 4.69) is 20.2 Å². The van der Waals surface area contributed by atoms with Gasteiger partial charge in [-0.15, -0.1) is 0 Å². The molecule has 1 aliphatic carbocycles. The first-order valence-corrected chi connectivity index (χ1v) is 8.27. The molecule has 1 aliphatic heterocycles. The highest BCUT2D eigenvalue weighted by Gasteiger charge is 2.28. The maximum absolute atomic E-state index is 8.83. The number of hydrogen-bond donors (Lipinski definition) is 2. The summed E-state index contributed by atoms with van der Waals surface area (Å²) in [5.41, 5.74) is 6.04. The van der Waals surface area contributed by atoms with E-state index < -0.39 is 0 Å². The van der Waals surface area contributed by atoms with Crippen LogP contribution in [-0.4, -0.2) is 40.5 Å². The summed E-state index contributed by atoms with van der Waals surface area (Å²) >= 11 is 0. The Balaban J connectivity index is 1.48. The van der Waals surface area contributed by atoms with Crippen LogP contribution in [0.3, 0.4) is 0 Å². The standard InChI is InChI=1S/C16H24N6/c17-8-13-10-20-16(21-15(13)18)19-9-12-6-7-22(11-12)14-4-2-1-3-5-14/h10,12,14H,1-7,9,11H2,(H3,18,19,20,21). The highest BCUT2D eigenvalue weighted by atomic mass is 15.2. The van der Waals surface area contributed by atoms with Gasteiger partial charge in [-0.3, -0.25) is 0 Å². The molecule has 3 rings (SSSR count). The second-order valence-electron chi connectivity index (χ2n) is 6.43. The Hall–Kier alpha value is -1.87. The second kappa shape index (κ2) is 6.93. The summed E-state index contributed by atoms with van der Waals surface area (Å²) in [4.78, 5) is 10.9. The van der Waals surface area contributed by atoms with Crippen LogP contribution in [0, 0.1) is 17.2 Å². The lowest BCUT2D eigenvalue weighted by atomic mass is 9.94. The fourth-order valence-electron chi connectivity index (χ4n) is 3.61. The number of likely N-dealkylation sites (tertiary alicyclic amines) is 1. The molecule has 1 unspecified atom stereocenters. The largest absolute Gasteiger partial charge is 0.382 e. The van der Waals surface area contributed by atoms with Gasteiger partial charge < -0.3 is 16.0 Å². The number of anilines is 2. The lowest BCUT2D eigenvalue weighted by Gasteiger charge is -2.31. The number of nitrogen functional groups attached to an aromatic ring is 1. The van der Waals surface area contributed by atoms with E-state index in [-0.39, 0.29) is 5.82 Å². The Kier molecular flexibility index (Phi) is 4.74. The van der Waals surface area contributed by atoms with Crippen molar-refractivity contribution in [2.45, 2.75) is 44.6 Å². The van der Waals surface area contributed by atoms with Crippen molar-refractivity contribution in [2.24, 2.45) is 5.92 Å². The van der Waals surface area contributed by atoms with Crippen molar-refractivity contribution in [1.29, 1.82) is 5.26 Å². The monoisotopic (exact) mass is 300 g/mol. The van der Waals surface area contributed by atoms with Crippen LogP contribution < -0.4 is 11.1 Å². The number of nitrogens with one attached hydrogen (secondary N) is 1. The first kappa shape index (κ1) is 15.0. The van der Waals surface area contributed by atoms with E-state index in [4.69, 9.17) is 11.0 Å². The average molecular weight is 300 g/mol. The third-order valence-corrected chi connectivity index (χ3v) is 4.90. The van der Waals surface area contributed by atoms with Gasteiger partial charge in [0.05, 0.1) is 6.20 Å². The van der Waals surface area contributed by atoms with Gasteiger partial charge in [-0.05, 0) is 31.7 Å². The van der Waals surface area contributed by atoms with Gasteiger partial charge in [-0.1, -0.05) is 19.3 Å². The summed E-state index contributed by atoms with van der Waals surface area (Å²) < 4.78 is 0. The molecular weight excluding hydrogens is 276 g/mol. The average Bonchev–Trinajstić information content (AvgIpc) is 3.03. The second-order valence-corrected chi connectivity index (χ2v) is 6.43. The van der Waals surface area contributed by atoms with E-state index in [9.17, 15) is 0 Å². The summed E-state index contributed by atoms with van der Waals surface area (Å²) in [6, 6.07) is 2.78. The van der Waals surface area contributed by atoms with Crippen LogP contribution in [0.25, 0.3) is 0 Å². The molecule has 22 heavy (non-hydrogen) atoms. The number of hydrogen-bond acceptors (Lipinski definition) is 6. The van der Waals surface area contributed by atoms with E-state index in [1.807, 2.05) is 6.07 Å². The fourth-order valence-corrected chi connectivity index (χ4v) is 3.61. The summed E-state index contributed by atoms with van der Waals surface area (Å²) in [5, 5.41) is 12.1. The molecule has 0 bridgehead atoms. The number of nitriles is 1. The predicted molar refractivity (Wildman–Crippen MR) is 86.2 cm³/mol. The van der Waals surface area contributed by atoms with Crippen molar-refractivity contribution in [3.05, 3.63) is 11.8 Å². The SMILES string of the molecule is N#Cc1cnc(NCC2CCN(C3CCCCC3)C2)nc1N. The Labute approximate surface area is 131 Å². The van der Waals surface area contributed by atoms with Crippen LogP contribution >= 0.6 is 0 Å². The van der Waals surface area contributed by atoms with Crippen LogP contribution in [0.2, 0.25) is 0 Å². The summed E-state index contributed by atoms with van der Waals surface area (Å²) in [6.45, 7) is 3.26. The Morgan fingerprint density at radius 2 is 2.14 bits per heavy atom. The highest BCUT2D eigenvalue weighted by Crippen LogP contribution is 2.27. The fraction of sp³-hybridized carbons (Fsp3) is 0.688. The first-order chi connectivity index (χ1) is 10.8. The minimum Gasteiger partial charge on any atom is -0.382 e. The van der Waals surface area contributed by atoms with E-state index in [0.717, 1.165) is 12.6 Å². The Bertz CT molecular complexity index is 546. The molecular formula is C16H24N6. The van der Waals surface area contributed by atoms with Crippen LogP contribution in [0.5, 0.6) is 0 Å². The molecule has 3 N–H and O–H groups in total. The van der Waals surface area contributed by atoms with Crippen molar-refractivity contribution in [1.82, 2.24) is 14.9 Å². The zero-order valence-corrected chi connectivity index (χ0v) is 13.0. The highest BCUT2D eigenvalue weighted by molar-refractivity contribution is 5.49. The van der Waals surface area contributed by atoms with Gasteiger partial charge >= 0.3 is 0 Å². The van der Waals surface area contributed by atoms with Crippen molar-refractivity contribution in [3.63, 3.8) is 0 Å². The third kappa shape index (κ3) is 3.47. The number of aromatic nitrogens is 2. The van der Waals surface area contributed by atoms with Gasteiger partial charge in [-0.25, -0.2) is 4.98 Å². The quantitative estimate of drug-likeness (QED) is 0.883. The van der Waals surface area contributed by atoms with Gasteiger partial charge in [0.25, 0.3) is 0 Å². The predicted octanol–water partition coefficient (Wildman–Crippen LogP) is 2.00. The molecule has 1 saturated heterocycles. The van der Waals surface area contributed by atoms with E-state index in [1.165, 1.54) is 57.8 Å². The molecule has 2 aliphatic rings. The van der Waals surface area contributed by atoms with E-state index in [1.54, 1.807) is 0 Å². The molecule has 1 aromatic heterocycles. The lowest BCUT2D eigenvalue weighted by Crippen LogP contribution is -2.35. The molecule has 118 valence electrons. The maximum Gasteiger partial charge on any atom is 0.224 e. The van der Waals surface area contributed by atoms with Crippen LogP contribution in [0.4, 0.5) is 11.8 Å².